The van der Waals surface area contributed by atoms with E-state index in [2.05, 4.69) is 0 Å². The summed E-state index contributed by atoms with van der Waals surface area (Å²) < 4.78 is 5.14. The molecule has 1 aliphatic heterocycles. The van der Waals surface area contributed by atoms with Gasteiger partial charge in [0.1, 0.15) is 11.8 Å². The van der Waals surface area contributed by atoms with E-state index in [1.54, 1.807) is 24.1 Å². The Kier molecular flexibility index (Phi) is 3.81. The van der Waals surface area contributed by atoms with Crippen molar-refractivity contribution in [2.75, 3.05) is 12.0 Å². The van der Waals surface area contributed by atoms with Gasteiger partial charge in [0.05, 0.1) is 18.2 Å². The molecule has 114 valence electrons. The highest BCUT2D eigenvalue weighted by atomic mass is 35.5. The molecule has 4 nitrogen and oxygen atoms in total. The molecule has 2 aromatic rings. The fraction of sp³-hybridized carbons (Fsp3) is 0.235. The molecule has 1 aliphatic rings. The largest absolute Gasteiger partial charge is 0.495 e. The number of anilines is 1. The molecule has 1 heterocycles. The number of halogens is 1. The number of nitrogens with zero attached hydrogens (tertiary/aromatic N) is 1. The number of ether oxygens (including phenoxy) is 1. The molecule has 22 heavy (non-hydrogen) atoms. The van der Waals surface area contributed by atoms with Crippen LogP contribution in [0.5, 0.6) is 5.75 Å². The molecule has 0 radical (unpaired) electrons. The van der Waals surface area contributed by atoms with Crippen molar-refractivity contribution in [3.63, 3.8) is 0 Å². The van der Waals surface area contributed by atoms with E-state index < -0.39 is 6.04 Å². The van der Waals surface area contributed by atoms with Crippen molar-refractivity contribution in [2.45, 2.75) is 19.0 Å². The van der Waals surface area contributed by atoms with Crippen molar-refractivity contribution in [3.8, 4) is 5.75 Å². The van der Waals surface area contributed by atoms with Crippen LogP contribution in [0.3, 0.4) is 0 Å². The van der Waals surface area contributed by atoms with Crippen molar-refractivity contribution in [2.24, 2.45) is 5.73 Å². The van der Waals surface area contributed by atoms with E-state index in [1.165, 1.54) is 5.56 Å². The number of hydrogen-bond donors (Lipinski definition) is 1. The highest BCUT2D eigenvalue weighted by Crippen LogP contribution is 2.40. The maximum Gasteiger partial charge on any atom is 0.247 e. The van der Waals surface area contributed by atoms with Crippen LogP contribution >= 0.6 is 11.6 Å². The Morgan fingerprint density at radius 3 is 2.45 bits per heavy atom. The van der Waals surface area contributed by atoms with Crippen LogP contribution in [0.2, 0.25) is 5.02 Å². The predicted molar refractivity (Wildman–Crippen MR) is 87.4 cm³/mol. The summed E-state index contributed by atoms with van der Waals surface area (Å²) in [5, 5.41) is 0.468. The molecule has 0 aromatic heterocycles. The van der Waals surface area contributed by atoms with Gasteiger partial charge in [-0.3, -0.25) is 4.79 Å². The molecule has 0 saturated carbocycles. The third kappa shape index (κ3) is 2.34. The van der Waals surface area contributed by atoms with Crippen LogP contribution in [0.25, 0.3) is 0 Å². The van der Waals surface area contributed by atoms with Gasteiger partial charge in [-0.1, -0.05) is 41.4 Å². The standard InChI is InChI=1S/C17H17ClN2O2/c1-10-3-5-11(6-4-10)16-15(19)17(21)20(16)12-7-8-14(22-2)13(18)9-12/h3-9,15-16H,19H2,1-2H3/t15-,16+/m0/s1. The van der Waals surface area contributed by atoms with E-state index in [4.69, 9.17) is 22.1 Å². The Morgan fingerprint density at radius 2 is 1.86 bits per heavy atom. The Balaban J connectivity index is 1.96. The second-order valence-electron chi connectivity index (χ2n) is 5.41. The highest BCUT2D eigenvalue weighted by Gasteiger charge is 2.46. The number of nitrogens with two attached hydrogens (primary N) is 1. The average Bonchev–Trinajstić information content (AvgIpc) is 2.52. The summed E-state index contributed by atoms with van der Waals surface area (Å²) in [6, 6.07) is 12.6. The Hall–Kier alpha value is -2.04. The number of β-lactam (4-membered cyclic amide) rings is 1. The molecule has 0 aliphatic carbocycles. The highest BCUT2D eigenvalue weighted by molar-refractivity contribution is 6.32. The van der Waals surface area contributed by atoms with Crippen LogP contribution in [0, 0.1) is 6.92 Å². The minimum atomic E-state index is -0.524. The molecule has 3 rings (SSSR count). The number of aryl methyl sites for hydroxylation is 1. The van der Waals surface area contributed by atoms with Gasteiger partial charge in [-0.25, -0.2) is 0 Å². The third-order valence-electron chi connectivity index (χ3n) is 3.97. The normalized spacial score (nSPS) is 20.7. The number of methoxy groups -OCH3 is 1. The summed E-state index contributed by atoms with van der Waals surface area (Å²) in [5.74, 6) is 0.474. The van der Waals surface area contributed by atoms with Gasteiger partial charge in [0, 0.05) is 5.69 Å². The minimum absolute atomic E-state index is 0.105. The Bertz CT molecular complexity index is 715. The molecule has 1 saturated heterocycles. The van der Waals surface area contributed by atoms with Crippen molar-refractivity contribution < 1.29 is 9.53 Å². The second-order valence-corrected chi connectivity index (χ2v) is 5.82. The number of amides is 1. The van der Waals surface area contributed by atoms with Crippen LogP contribution in [-0.4, -0.2) is 19.1 Å². The van der Waals surface area contributed by atoms with E-state index in [9.17, 15) is 4.79 Å². The SMILES string of the molecule is COc1ccc(N2C(=O)[C@@H](N)[C@H]2c2ccc(C)cc2)cc1Cl. The average molecular weight is 317 g/mol. The van der Waals surface area contributed by atoms with E-state index >= 15 is 0 Å². The smallest absolute Gasteiger partial charge is 0.247 e. The summed E-state index contributed by atoms with van der Waals surface area (Å²) in [4.78, 5) is 13.9. The van der Waals surface area contributed by atoms with Crippen molar-refractivity contribution in [1.82, 2.24) is 0 Å². The number of benzene rings is 2. The molecule has 1 fully saturated rings. The molecule has 0 spiro atoms. The first-order chi connectivity index (χ1) is 10.5. The fourth-order valence-corrected chi connectivity index (χ4v) is 2.98. The molecule has 1 amide bonds. The zero-order chi connectivity index (χ0) is 15.9. The van der Waals surface area contributed by atoms with Crippen molar-refractivity contribution in [3.05, 3.63) is 58.6 Å². The van der Waals surface area contributed by atoms with Gasteiger partial charge >= 0.3 is 0 Å². The third-order valence-corrected chi connectivity index (χ3v) is 4.27. The number of hydrogen-bond acceptors (Lipinski definition) is 3. The molecule has 5 heteroatoms. The van der Waals surface area contributed by atoms with Gasteiger partial charge in [-0.2, -0.15) is 0 Å². The number of carbonyl (C=O) groups is 1. The van der Waals surface area contributed by atoms with Crippen LogP contribution in [0.4, 0.5) is 5.69 Å². The molecule has 2 N–H and O–H groups in total. The topological polar surface area (TPSA) is 55.6 Å². The zero-order valence-electron chi connectivity index (χ0n) is 12.4. The van der Waals surface area contributed by atoms with Gasteiger partial charge in [0.25, 0.3) is 0 Å². The maximum absolute atomic E-state index is 12.2. The number of carbonyl (C=O) groups excluding carboxylic acids is 1. The van der Waals surface area contributed by atoms with Crippen molar-refractivity contribution in [1.29, 1.82) is 0 Å². The van der Waals surface area contributed by atoms with Gasteiger partial charge in [0.2, 0.25) is 5.91 Å². The molecular weight excluding hydrogens is 300 g/mol. The molecular formula is C17H17ClN2O2. The first-order valence-corrected chi connectivity index (χ1v) is 7.39. The van der Waals surface area contributed by atoms with Gasteiger partial charge in [-0.15, -0.1) is 0 Å². The summed E-state index contributed by atoms with van der Waals surface area (Å²) in [6.45, 7) is 2.02. The first-order valence-electron chi connectivity index (χ1n) is 7.01. The second kappa shape index (κ2) is 5.63. The lowest BCUT2D eigenvalue weighted by atomic mass is 9.88. The summed E-state index contributed by atoms with van der Waals surface area (Å²) >= 11 is 6.16. The molecule has 2 aromatic carbocycles. The van der Waals surface area contributed by atoms with Crippen LogP contribution in [0.1, 0.15) is 17.2 Å². The predicted octanol–water partition coefficient (Wildman–Crippen LogP) is 3.07. The van der Waals surface area contributed by atoms with E-state index in [1.807, 2.05) is 37.3 Å². The Labute approximate surface area is 134 Å². The molecule has 0 bridgehead atoms. The first kappa shape index (κ1) is 14.9. The van der Waals surface area contributed by atoms with Gasteiger partial charge in [0.15, 0.2) is 0 Å². The summed E-state index contributed by atoms with van der Waals surface area (Å²) in [7, 11) is 1.56. The quantitative estimate of drug-likeness (QED) is 0.885. The summed E-state index contributed by atoms with van der Waals surface area (Å²) in [6.07, 6.45) is 0. The van der Waals surface area contributed by atoms with Gasteiger partial charge in [-0.05, 0) is 30.7 Å². The fourth-order valence-electron chi connectivity index (χ4n) is 2.72. The summed E-state index contributed by atoms with van der Waals surface area (Å²) in [5.41, 5.74) is 8.92. The molecule has 0 unspecified atom stereocenters. The Morgan fingerprint density at radius 1 is 1.18 bits per heavy atom. The lowest BCUT2D eigenvalue weighted by molar-refractivity contribution is -0.126. The number of rotatable bonds is 3. The van der Waals surface area contributed by atoms with Crippen molar-refractivity contribution >= 4 is 23.2 Å². The van der Waals surface area contributed by atoms with E-state index in [0.29, 0.717) is 10.8 Å². The lowest BCUT2D eigenvalue weighted by Gasteiger charge is -2.45. The van der Waals surface area contributed by atoms with Gasteiger partial charge < -0.3 is 15.4 Å². The zero-order valence-corrected chi connectivity index (χ0v) is 13.2. The van der Waals surface area contributed by atoms with Crippen LogP contribution in [-0.2, 0) is 4.79 Å². The molecule has 2 atom stereocenters. The van der Waals surface area contributed by atoms with E-state index in [0.717, 1.165) is 11.3 Å². The minimum Gasteiger partial charge on any atom is -0.495 e. The lowest BCUT2D eigenvalue weighted by Crippen LogP contribution is -2.63. The monoisotopic (exact) mass is 316 g/mol. The maximum atomic E-state index is 12.2. The van der Waals surface area contributed by atoms with Crippen LogP contribution < -0.4 is 15.4 Å². The van der Waals surface area contributed by atoms with Crippen LogP contribution in [0.15, 0.2) is 42.5 Å². The van der Waals surface area contributed by atoms with E-state index in [-0.39, 0.29) is 11.9 Å².